The Morgan fingerprint density at radius 1 is 1.20 bits per heavy atom. The number of esters is 1. The monoisotopic (exact) mass is 407 g/mol. The van der Waals surface area contributed by atoms with Crippen LogP contribution in [0.2, 0.25) is 0 Å². The SMILES string of the molecule is C=CCO[C@@H]1OC[C@H]2C[C@@H](OC(=O)c3ccc([N+](=O)[O-])cc3)C(c3ccccc3)=C21. The molecular weight excluding hydrogens is 386 g/mol. The molecule has 0 bridgehead atoms. The molecule has 2 aliphatic rings. The van der Waals surface area contributed by atoms with E-state index < -0.39 is 23.3 Å². The van der Waals surface area contributed by atoms with Crippen molar-refractivity contribution in [1.29, 1.82) is 0 Å². The number of benzene rings is 2. The molecule has 1 fully saturated rings. The Labute approximate surface area is 173 Å². The Morgan fingerprint density at radius 2 is 1.93 bits per heavy atom. The fourth-order valence-corrected chi connectivity index (χ4v) is 3.97. The van der Waals surface area contributed by atoms with Crippen LogP contribution in [0, 0.1) is 16.0 Å². The third-order valence-electron chi connectivity index (χ3n) is 5.29. The van der Waals surface area contributed by atoms with E-state index in [0.717, 1.165) is 16.7 Å². The van der Waals surface area contributed by atoms with Crippen LogP contribution in [0.5, 0.6) is 0 Å². The van der Waals surface area contributed by atoms with Crippen molar-refractivity contribution in [3.05, 3.63) is 94.1 Å². The summed E-state index contributed by atoms with van der Waals surface area (Å²) in [6, 6.07) is 15.1. The molecule has 0 radical (unpaired) electrons. The second kappa shape index (κ2) is 8.61. The van der Waals surface area contributed by atoms with E-state index >= 15 is 0 Å². The van der Waals surface area contributed by atoms with Crippen LogP contribution in [-0.4, -0.2) is 36.5 Å². The molecule has 7 heteroatoms. The second-order valence-corrected chi connectivity index (χ2v) is 7.15. The number of hydrogen-bond donors (Lipinski definition) is 0. The summed E-state index contributed by atoms with van der Waals surface area (Å²) in [5.41, 5.74) is 3.06. The molecule has 1 saturated heterocycles. The number of non-ortho nitro benzene ring substituents is 1. The summed E-state index contributed by atoms with van der Waals surface area (Å²) >= 11 is 0. The first-order valence-corrected chi connectivity index (χ1v) is 9.67. The van der Waals surface area contributed by atoms with Crippen molar-refractivity contribution in [2.45, 2.75) is 18.8 Å². The lowest BCUT2D eigenvalue weighted by Crippen LogP contribution is -2.20. The zero-order valence-corrected chi connectivity index (χ0v) is 16.2. The predicted molar refractivity (Wildman–Crippen MR) is 110 cm³/mol. The molecule has 0 unspecified atom stereocenters. The van der Waals surface area contributed by atoms with Crippen molar-refractivity contribution in [2.75, 3.05) is 13.2 Å². The topological polar surface area (TPSA) is 87.9 Å². The largest absolute Gasteiger partial charge is 0.454 e. The van der Waals surface area contributed by atoms with Gasteiger partial charge in [-0.1, -0.05) is 36.4 Å². The lowest BCUT2D eigenvalue weighted by atomic mass is 9.99. The molecule has 30 heavy (non-hydrogen) atoms. The molecule has 4 rings (SSSR count). The maximum Gasteiger partial charge on any atom is 0.338 e. The van der Waals surface area contributed by atoms with Gasteiger partial charge in [0, 0.05) is 23.6 Å². The number of nitrogens with zero attached hydrogens (tertiary/aromatic N) is 1. The van der Waals surface area contributed by atoms with Crippen LogP contribution in [0.4, 0.5) is 5.69 Å². The van der Waals surface area contributed by atoms with Gasteiger partial charge >= 0.3 is 5.97 Å². The summed E-state index contributed by atoms with van der Waals surface area (Å²) in [7, 11) is 0. The Kier molecular flexibility index (Phi) is 5.74. The molecule has 0 N–H and O–H groups in total. The van der Waals surface area contributed by atoms with Crippen molar-refractivity contribution in [2.24, 2.45) is 5.92 Å². The molecule has 7 nitrogen and oxygen atoms in total. The van der Waals surface area contributed by atoms with E-state index in [4.69, 9.17) is 14.2 Å². The van der Waals surface area contributed by atoms with Gasteiger partial charge in [-0.05, 0) is 29.7 Å². The number of ether oxygens (including phenoxy) is 3. The van der Waals surface area contributed by atoms with Gasteiger partial charge in [-0.25, -0.2) is 4.79 Å². The molecular formula is C23H21NO6. The molecule has 0 aromatic heterocycles. The van der Waals surface area contributed by atoms with E-state index in [-0.39, 0.29) is 17.2 Å². The van der Waals surface area contributed by atoms with Gasteiger partial charge in [0.1, 0.15) is 6.10 Å². The Bertz CT molecular complexity index is 983. The maximum atomic E-state index is 12.7. The van der Waals surface area contributed by atoms with Gasteiger partial charge in [0.2, 0.25) is 0 Å². The average molecular weight is 407 g/mol. The minimum absolute atomic E-state index is 0.0756. The van der Waals surface area contributed by atoms with E-state index in [1.165, 1.54) is 24.3 Å². The zero-order valence-electron chi connectivity index (χ0n) is 16.2. The highest BCUT2D eigenvalue weighted by Gasteiger charge is 2.45. The fraction of sp³-hybridized carbons (Fsp3) is 0.261. The van der Waals surface area contributed by atoms with E-state index in [1.54, 1.807) is 6.08 Å². The third-order valence-corrected chi connectivity index (χ3v) is 5.29. The molecule has 1 heterocycles. The summed E-state index contributed by atoms with van der Waals surface area (Å²) in [5, 5.41) is 10.8. The van der Waals surface area contributed by atoms with Gasteiger partial charge in [-0.15, -0.1) is 6.58 Å². The van der Waals surface area contributed by atoms with Crippen molar-refractivity contribution in [1.82, 2.24) is 0 Å². The normalized spacial score (nSPS) is 22.6. The van der Waals surface area contributed by atoms with Gasteiger partial charge in [-0.3, -0.25) is 10.1 Å². The van der Waals surface area contributed by atoms with Gasteiger partial charge in [0.15, 0.2) is 6.29 Å². The maximum absolute atomic E-state index is 12.7. The molecule has 0 amide bonds. The molecule has 1 aliphatic heterocycles. The van der Waals surface area contributed by atoms with E-state index in [1.807, 2.05) is 30.3 Å². The molecule has 1 aliphatic carbocycles. The highest BCUT2D eigenvalue weighted by molar-refractivity contribution is 5.91. The van der Waals surface area contributed by atoms with Crippen LogP contribution in [0.25, 0.3) is 5.57 Å². The van der Waals surface area contributed by atoms with Gasteiger partial charge in [0.05, 0.1) is 23.7 Å². The minimum Gasteiger partial charge on any atom is -0.454 e. The highest BCUT2D eigenvalue weighted by atomic mass is 16.7. The van der Waals surface area contributed by atoms with E-state index in [9.17, 15) is 14.9 Å². The smallest absolute Gasteiger partial charge is 0.338 e. The first-order chi connectivity index (χ1) is 14.6. The van der Waals surface area contributed by atoms with Crippen LogP contribution >= 0.6 is 0 Å². The van der Waals surface area contributed by atoms with E-state index in [0.29, 0.717) is 19.6 Å². The molecule has 3 atom stereocenters. The van der Waals surface area contributed by atoms with Crippen molar-refractivity contribution >= 4 is 17.2 Å². The van der Waals surface area contributed by atoms with Gasteiger partial charge in [-0.2, -0.15) is 0 Å². The number of nitro groups is 1. The van der Waals surface area contributed by atoms with Crippen molar-refractivity contribution in [3.63, 3.8) is 0 Å². The van der Waals surface area contributed by atoms with E-state index in [2.05, 4.69) is 6.58 Å². The van der Waals surface area contributed by atoms with Crippen molar-refractivity contribution in [3.8, 4) is 0 Å². The summed E-state index contributed by atoms with van der Waals surface area (Å²) in [6.45, 7) is 4.54. The molecule has 0 spiro atoms. The van der Waals surface area contributed by atoms with Crippen LogP contribution in [0.15, 0.2) is 72.8 Å². The van der Waals surface area contributed by atoms with Crippen molar-refractivity contribution < 1.29 is 23.9 Å². The lowest BCUT2D eigenvalue weighted by Gasteiger charge is -2.20. The quantitative estimate of drug-likeness (QED) is 0.296. The zero-order chi connectivity index (χ0) is 21.1. The first kappa shape index (κ1) is 20.0. The molecule has 154 valence electrons. The average Bonchev–Trinajstić information content (AvgIpc) is 3.31. The Hall–Kier alpha value is -3.29. The number of hydrogen-bond acceptors (Lipinski definition) is 6. The summed E-state index contributed by atoms with van der Waals surface area (Å²) in [6.07, 6.45) is 1.33. The fourth-order valence-electron chi connectivity index (χ4n) is 3.97. The standard InChI is InChI=1S/C23H21NO6/c1-2-12-28-23-21-17(14-29-23)13-19(20(21)15-6-4-3-5-7-15)30-22(25)16-8-10-18(11-9-16)24(26)27/h2-11,17,19,23H,1,12-14H2/t17-,19-,23-/m1/s1. The minimum atomic E-state index is -0.520. The summed E-state index contributed by atoms with van der Waals surface area (Å²) < 4.78 is 17.5. The first-order valence-electron chi connectivity index (χ1n) is 9.67. The summed E-state index contributed by atoms with van der Waals surface area (Å²) in [4.78, 5) is 23.1. The van der Waals surface area contributed by atoms with Crippen LogP contribution in [-0.2, 0) is 14.2 Å². The van der Waals surface area contributed by atoms with Gasteiger partial charge < -0.3 is 14.2 Å². The molecule has 2 aromatic carbocycles. The van der Waals surface area contributed by atoms with Gasteiger partial charge in [0.25, 0.3) is 5.69 Å². The number of rotatable bonds is 7. The van der Waals surface area contributed by atoms with Crippen LogP contribution in [0.1, 0.15) is 22.3 Å². The summed E-state index contributed by atoms with van der Waals surface area (Å²) in [5.74, 6) is -0.418. The lowest BCUT2D eigenvalue weighted by molar-refractivity contribution is -0.384. The Balaban J connectivity index is 1.62. The molecule has 0 saturated carbocycles. The van der Waals surface area contributed by atoms with Crippen LogP contribution in [0.3, 0.4) is 0 Å². The number of nitro benzene ring substituents is 1. The number of carbonyl (C=O) groups excluding carboxylic acids is 1. The highest BCUT2D eigenvalue weighted by Crippen LogP contribution is 2.46. The van der Waals surface area contributed by atoms with Crippen LogP contribution < -0.4 is 0 Å². The number of carbonyl (C=O) groups is 1. The third kappa shape index (κ3) is 3.90. The predicted octanol–water partition coefficient (Wildman–Crippen LogP) is 4.15. The Morgan fingerprint density at radius 3 is 2.60 bits per heavy atom. The second-order valence-electron chi connectivity index (χ2n) is 7.15. The molecule has 2 aromatic rings. The number of fused-ring (bicyclic) bond motifs is 1.